The number of benzene rings is 2. The molecule has 1 heterocycles. The summed E-state index contributed by atoms with van der Waals surface area (Å²) in [6.45, 7) is 9.55. The van der Waals surface area contributed by atoms with E-state index in [2.05, 4.69) is 48.1 Å². The van der Waals surface area contributed by atoms with Gasteiger partial charge < -0.3 is 15.2 Å². The lowest BCUT2D eigenvalue weighted by molar-refractivity contribution is -0.114. The number of amides is 1. The van der Waals surface area contributed by atoms with Crippen molar-refractivity contribution in [1.82, 2.24) is 9.97 Å². The summed E-state index contributed by atoms with van der Waals surface area (Å²) >= 11 is 0. The minimum atomic E-state index is -0.0774. The molecule has 0 aliphatic heterocycles. The molecule has 5 nitrogen and oxygen atoms in total. The molecular weight excluding hydrogens is 312 g/mol. The molecule has 0 aliphatic carbocycles. The fraction of sp³-hybridized carbons (Fsp3) is 0.300. The van der Waals surface area contributed by atoms with Crippen molar-refractivity contribution in [3.8, 4) is 11.4 Å². The summed E-state index contributed by atoms with van der Waals surface area (Å²) in [6, 6.07) is 12.2. The fourth-order valence-corrected chi connectivity index (χ4v) is 3.13. The fourth-order valence-electron chi connectivity index (χ4n) is 3.13. The van der Waals surface area contributed by atoms with Crippen molar-refractivity contribution in [2.75, 3.05) is 23.3 Å². The monoisotopic (exact) mass is 336 g/mol. The molecule has 130 valence electrons. The van der Waals surface area contributed by atoms with Crippen LogP contribution in [0.2, 0.25) is 0 Å². The van der Waals surface area contributed by atoms with Crippen molar-refractivity contribution >= 4 is 28.3 Å². The normalized spacial score (nSPS) is 10.9. The van der Waals surface area contributed by atoms with Gasteiger partial charge in [-0.1, -0.05) is 24.3 Å². The van der Waals surface area contributed by atoms with Gasteiger partial charge in [0, 0.05) is 25.6 Å². The summed E-state index contributed by atoms with van der Waals surface area (Å²) in [7, 11) is 0. The van der Waals surface area contributed by atoms with Gasteiger partial charge in [-0.2, -0.15) is 0 Å². The van der Waals surface area contributed by atoms with Crippen molar-refractivity contribution in [3.63, 3.8) is 0 Å². The molecule has 0 atom stereocenters. The highest BCUT2D eigenvalue weighted by Crippen LogP contribution is 2.32. The molecule has 2 aromatic carbocycles. The Labute approximate surface area is 148 Å². The Morgan fingerprint density at radius 1 is 1.20 bits per heavy atom. The molecule has 1 amide bonds. The third kappa shape index (κ3) is 3.36. The molecule has 0 unspecified atom stereocenters. The maximum atomic E-state index is 11.6. The number of aromatic amines is 1. The van der Waals surface area contributed by atoms with E-state index in [1.54, 1.807) is 0 Å². The van der Waals surface area contributed by atoms with Crippen LogP contribution in [0.25, 0.3) is 22.4 Å². The second kappa shape index (κ2) is 6.97. The molecule has 0 fully saturated rings. The Balaban J connectivity index is 2.16. The first kappa shape index (κ1) is 17.0. The van der Waals surface area contributed by atoms with Crippen LogP contribution in [-0.4, -0.2) is 29.0 Å². The van der Waals surface area contributed by atoms with Crippen LogP contribution in [0, 0.1) is 6.92 Å². The summed E-state index contributed by atoms with van der Waals surface area (Å²) in [6.07, 6.45) is 0. The van der Waals surface area contributed by atoms with Gasteiger partial charge in [-0.15, -0.1) is 0 Å². The number of carbonyl (C=O) groups is 1. The maximum absolute atomic E-state index is 11.6. The van der Waals surface area contributed by atoms with Crippen LogP contribution >= 0.6 is 0 Å². The number of aromatic nitrogens is 2. The zero-order chi connectivity index (χ0) is 18.0. The average molecular weight is 336 g/mol. The van der Waals surface area contributed by atoms with Crippen molar-refractivity contribution in [2.24, 2.45) is 0 Å². The number of hydrogen-bond donors (Lipinski definition) is 2. The molecule has 0 radical (unpaired) electrons. The molecule has 3 rings (SSSR count). The van der Waals surface area contributed by atoms with E-state index in [4.69, 9.17) is 4.98 Å². The van der Waals surface area contributed by atoms with Gasteiger partial charge in [0.05, 0.1) is 22.4 Å². The van der Waals surface area contributed by atoms with Gasteiger partial charge in [0.2, 0.25) is 5.91 Å². The quantitative estimate of drug-likeness (QED) is 0.728. The second-order valence-electron chi connectivity index (χ2n) is 6.14. The minimum Gasteiger partial charge on any atom is -0.370 e. The first-order chi connectivity index (χ1) is 12.0. The van der Waals surface area contributed by atoms with Gasteiger partial charge in [0.15, 0.2) is 0 Å². The SMILES string of the molecule is CCN(CC)c1cc2nc(-c3ccccc3C)[nH]c2cc1NC(C)=O. The lowest BCUT2D eigenvalue weighted by Crippen LogP contribution is -2.23. The van der Waals surface area contributed by atoms with Gasteiger partial charge in [-0.05, 0) is 38.5 Å². The minimum absolute atomic E-state index is 0.0774. The van der Waals surface area contributed by atoms with E-state index in [1.165, 1.54) is 12.5 Å². The van der Waals surface area contributed by atoms with Crippen LogP contribution in [0.3, 0.4) is 0 Å². The van der Waals surface area contributed by atoms with Gasteiger partial charge in [0.1, 0.15) is 5.82 Å². The summed E-state index contributed by atoms with van der Waals surface area (Å²) in [5, 5.41) is 2.95. The molecule has 5 heteroatoms. The highest BCUT2D eigenvalue weighted by molar-refractivity contribution is 5.98. The van der Waals surface area contributed by atoms with Crippen molar-refractivity contribution < 1.29 is 4.79 Å². The zero-order valence-corrected chi connectivity index (χ0v) is 15.2. The molecule has 3 aromatic rings. The summed E-state index contributed by atoms with van der Waals surface area (Å²) < 4.78 is 0. The Morgan fingerprint density at radius 3 is 2.56 bits per heavy atom. The van der Waals surface area contributed by atoms with Gasteiger partial charge >= 0.3 is 0 Å². The second-order valence-corrected chi connectivity index (χ2v) is 6.14. The summed E-state index contributed by atoms with van der Waals surface area (Å²) in [5.74, 6) is 0.768. The van der Waals surface area contributed by atoms with Crippen LogP contribution in [0.1, 0.15) is 26.3 Å². The number of anilines is 2. The van der Waals surface area contributed by atoms with Gasteiger partial charge in [-0.25, -0.2) is 4.98 Å². The molecule has 0 bridgehead atoms. The van der Waals surface area contributed by atoms with E-state index < -0.39 is 0 Å². The Kier molecular flexibility index (Phi) is 4.74. The lowest BCUT2D eigenvalue weighted by atomic mass is 10.1. The van der Waals surface area contributed by atoms with Crippen LogP contribution in [0.5, 0.6) is 0 Å². The third-order valence-electron chi connectivity index (χ3n) is 4.41. The van der Waals surface area contributed by atoms with Crippen molar-refractivity contribution in [3.05, 3.63) is 42.0 Å². The number of rotatable bonds is 5. The summed E-state index contributed by atoms with van der Waals surface area (Å²) in [5.41, 5.74) is 5.88. The van der Waals surface area contributed by atoms with E-state index in [1.807, 2.05) is 24.3 Å². The predicted molar refractivity (Wildman–Crippen MR) is 104 cm³/mol. The molecule has 25 heavy (non-hydrogen) atoms. The Hall–Kier alpha value is -2.82. The number of fused-ring (bicyclic) bond motifs is 1. The first-order valence-electron chi connectivity index (χ1n) is 8.65. The molecular formula is C20H24N4O. The lowest BCUT2D eigenvalue weighted by Gasteiger charge is -2.24. The third-order valence-corrected chi connectivity index (χ3v) is 4.41. The van der Waals surface area contributed by atoms with Crippen LogP contribution in [0.15, 0.2) is 36.4 Å². The van der Waals surface area contributed by atoms with Crippen molar-refractivity contribution in [1.29, 1.82) is 0 Å². The van der Waals surface area contributed by atoms with E-state index >= 15 is 0 Å². The topological polar surface area (TPSA) is 61.0 Å². The highest BCUT2D eigenvalue weighted by Gasteiger charge is 2.15. The smallest absolute Gasteiger partial charge is 0.221 e. The Morgan fingerprint density at radius 2 is 1.92 bits per heavy atom. The van der Waals surface area contributed by atoms with E-state index in [0.717, 1.165) is 46.9 Å². The summed E-state index contributed by atoms with van der Waals surface area (Å²) in [4.78, 5) is 22.0. The predicted octanol–water partition coefficient (Wildman–Crippen LogP) is 4.34. The van der Waals surface area contributed by atoms with Gasteiger partial charge in [-0.3, -0.25) is 4.79 Å². The number of nitrogens with zero attached hydrogens (tertiary/aromatic N) is 2. The highest BCUT2D eigenvalue weighted by atomic mass is 16.1. The molecule has 0 spiro atoms. The van der Waals surface area contributed by atoms with Crippen molar-refractivity contribution in [2.45, 2.75) is 27.7 Å². The maximum Gasteiger partial charge on any atom is 0.221 e. The average Bonchev–Trinajstić information content (AvgIpc) is 2.98. The van der Waals surface area contributed by atoms with E-state index in [0.29, 0.717) is 0 Å². The number of imidazole rings is 1. The molecule has 0 saturated heterocycles. The number of hydrogen-bond acceptors (Lipinski definition) is 3. The number of nitrogens with one attached hydrogen (secondary N) is 2. The van der Waals surface area contributed by atoms with E-state index in [-0.39, 0.29) is 5.91 Å². The molecule has 0 saturated carbocycles. The molecule has 0 aliphatic rings. The Bertz CT molecular complexity index is 909. The number of aryl methyl sites for hydroxylation is 1. The van der Waals surface area contributed by atoms with Gasteiger partial charge in [0.25, 0.3) is 0 Å². The molecule has 2 N–H and O–H groups in total. The zero-order valence-electron chi connectivity index (χ0n) is 15.2. The number of carbonyl (C=O) groups excluding carboxylic acids is 1. The van der Waals surface area contributed by atoms with Crippen LogP contribution in [-0.2, 0) is 4.79 Å². The number of H-pyrrole nitrogens is 1. The van der Waals surface area contributed by atoms with Crippen LogP contribution in [0.4, 0.5) is 11.4 Å². The first-order valence-corrected chi connectivity index (χ1v) is 8.65. The van der Waals surface area contributed by atoms with E-state index in [9.17, 15) is 4.79 Å². The largest absolute Gasteiger partial charge is 0.370 e. The van der Waals surface area contributed by atoms with Crippen LogP contribution < -0.4 is 10.2 Å². The molecule has 1 aromatic heterocycles. The standard InChI is InChI=1S/C20H24N4O/c1-5-24(6-2)19-12-17-16(11-18(19)21-14(4)25)22-20(23-17)15-10-8-7-9-13(15)3/h7-12H,5-6H2,1-4H3,(H,21,25)(H,22,23).